The molecule has 0 saturated carbocycles. The van der Waals surface area contributed by atoms with Crippen LogP contribution in [0.3, 0.4) is 0 Å². The Morgan fingerprint density at radius 2 is 1.48 bits per heavy atom. The van der Waals surface area contributed by atoms with Crippen molar-refractivity contribution in [2.24, 2.45) is 4.99 Å². The molecule has 0 aliphatic carbocycles. The third-order valence-corrected chi connectivity index (χ3v) is 7.31. The molecule has 7 heteroatoms. The van der Waals surface area contributed by atoms with E-state index < -0.39 is 0 Å². The lowest BCUT2D eigenvalue weighted by Gasteiger charge is -2.16. The number of hydrogen-bond acceptors (Lipinski definition) is 4. The van der Waals surface area contributed by atoms with Crippen molar-refractivity contribution in [1.29, 1.82) is 0 Å². The summed E-state index contributed by atoms with van der Waals surface area (Å²) in [7, 11) is 0. The van der Waals surface area contributed by atoms with Crippen LogP contribution in [0.2, 0.25) is 0 Å². The average molecular weight is 652 g/mol. The Morgan fingerprint density at radius 3 is 2.06 bits per heavy atom. The first kappa shape index (κ1) is 22.3. The molecule has 1 aliphatic heterocycles. The highest BCUT2D eigenvalue weighted by molar-refractivity contribution is 14.1. The van der Waals surface area contributed by atoms with Crippen molar-refractivity contribution >= 4 is 85.5 Å². The third-order valence-electron chi connectivity index (χ3n) is 4.69. The highest BCUT2D eigenvalue weighted by Crippen LogP contribution is 2.38. The lowest BCUT2D eigenvalue weighted by Crippen LogP contribution is -2.28. The number of aromatic hydroxyl groups is 1. The lowest BCUT2D eigenvalue weighted by atomic mass is 10.2. The fourth-order valence-electron chi connectivity index (χ4n) is 3.02. The molecule has 0 aromatic heterocycles. The molecule has 31 heavy (non-hydrogen) atoms. The zero-order valence-electron chi connectivity index (χ0n) is 16.8. The van der Waals surface area contributed by atoms with E-state index in [4.69, 9.17) is 4.99 Å². The van der Waals surface area contributed by atoms with Crippen LogP contribution in [0.4, 0.5) is 11.4 Å². The molecule has 1 N–H and O–H groups in total. The van der Waals surface area contributed by atoms with Gasteiger partial charge in [-0.25, -0.2) is 4.99 Å². The van der Waals surface area contributed by atoms with Gasteiger partial charge in [0.15, 0.2) is 5.17 Å². The normalized spacial score (nSPS) is 16.5. The number of aryl methyl sites for hydroxylation is 2. The summed E-state index contributed by atoms with van der Waals surface area (Å²) in [5.74, 6) is 0.148. The molecule has 3 aromatic carbocycles. The number of aliphatic imine (C=N–C) groups is 1. The number of hydrogen-bond donors (Lipinski definition) is 1. The Bertz CT molecular complexity index is 1200. The number of carbonyl (C=O) groups excluding carboxylic acids is 1. The van der Waals surface area contributed by atoms with Crippen LogP contribution in [-0.4, -0.2) is 16.2 Å². The second kappa shape index (κ2) is 9.33. The smallest absolute Gasteiger partial charge is 0.271 e. The topological polar surface area (TPSA) is 52.9 Å². The van der Waals surface area contributed by atoms with Crippen LogP contribution >= 0.6 is 56.9 Å². The highest BCUT2D eigenvalue weighted by atomic mass is 127. The molecule has 0 spiro atoms. The number of carbonyl (C=O) groups is 1. The first-order valence-corrected chi connectivity index (χ1v) is 12.4. The van der Waals surface area contributed by atoms with E-state index in [1.165, 1.54) is 11.8 Å². The van der Waals surface area contributed by atoms with Crippen LogP contribution in [0.5, 0.6) is 5.75 Å². The van der Waals surface area contributed by atoms with E-state index >= 15 is 0 Å². The third kappa shape index (κ3) is 4.98. The predicted molar refractivity (Wildman–Crippen MR) is 146 cm³/mol. The molecule has 1 aliphatic rings. The number of rotatable bonds is 3. The Balaban J connectivity index is 1.78. The molecule has 1 amide bonds. The van der Waals surface area contributed by atoms with E-state index in [-0.39, 0.29) is 11.7 Å². The molecule has 0 atom stereocenters. The van der Waals surface area contributed by atoms with Crippen LogP contribution in [0, 0.1) is 21.0 Å². The summed E-state index contributed by atoms with van der Waals surface area (Å²) >= 11 is 5.55. The molecule has 1 heterocycles. The van der Waals surface area contributed by atoms with Crippen molar-refractivity contribution < 1.29 is 9.90 Å². The molecular weight excluding hydrogens is 634 g/mol. The van der Waals surface area contributed by atoms with Crippen LogP contribution in [0.15, 0.2) is 70.6 Å². The number of phenols is 1. The van der Waals surface area contributed by atoms with E-state index in [9.17, 15) is 9.90 Å². The maximum absolute atomic E-state index is 13.4. The first-order valence-electron chi connectivity index (χ1n) is 9.46. The monoisotopic (exact) mass is 652 g/mol. The maximum Gasteiger partial charge on any atom is 0.271 e. The average Bonchev–Trinajstić information content (AvgIpc) is 3.03. The number of amidine groups is 1. The van der Waals surface area contributed by atoms with E-state index in [0.717, 1.165) is 35.2 Å². The molecule has 156 valence electrons. The van der Waals surface area contributed by atoms with Gasteiger partial charge in [0.05, 0.1) is 23.4 Å². The molecule has 3 aromatic rings. The van der Waals surface area contributed by atoms with Gasteiger partial charge in [-0.15, -0.1) is 0 Å². The molecule has 0 unspecified atom stereocenters. The molecule has 1 saturated heterocycles. The number of phenolic OH excluding ortho intramolecular Hbond substituents is 1. The van der Waals surface area contributed by atoms with E-state index in [0.29, 0.717) is 10.1 Å². The minimum Gasteiger partial charge on any atom is -0.506 e. The maximum atomic E-state index is 13.4. The quantitative estimate of drug-likeness (QED) is 0.245. The molecule has 0 radical (unpaired) electrons. The summed E-state index contributed by atoms with van der Waals surface area (Å²) in [6, 6.07) is 19.5. The van der Waals surface area contributed by atoms with E-state index in [1.54, 1.807) is 4.90 Å². The molecular formula is C24H18I2N2O2S. The van der Waals surface area contributed by atoms with Gasteiger partial charge in [0.2, 0.25) is 0 Å². The van der Waals surface area contributed by atoms with Crippen molar-refractivity contribution in [2.75, 3.05) is 4.90 Å². The zero-order valence-corrected chi connectivity index (χ0v) is 21.9. The van der Waals surface area contributed by atoms with E-state index in [2.05, 4.69) is 45.2 Å². The number of anilines is 1. The Morgan fingerprint density at radius 1 is 0.935 bits per heavy atom. The van der Waals surface area contributed by atoms with Gasteiger partial charge in [-0.2, -0.15) is 0 Å². The Hall–Kier alpha value is -1.85. The van der Waals surface area contributed by atoms with Crippen LogP contribution < -0.4 is 4.90 Å². The molecule has 4 nitrogen and oxygen atoms in total. The lowest BCUT2D eigenvalue weighted by molar-refractivity contribution is -0.113. The van der Waals surface area contributed by atoms with Crippen LogP contribution in [0.1, 0.15) is 16.7 Å². The summed E-state index contributed by atoms with van der Waals surface area (Å²) in [5, 5.41) is 10.7. The van der Waals surface area contributed by atoms with Crippen LogP contribution in [0.25, 0.3) is 6.08 Å². The summed E-state index contributed by atoms with van der Waals surface area (Å²) in [6.07, 6.45) is 1.86. The van der Waals surface area contributed by atoms with Crippen LogP contribution in [-0.2, 0) is 4.79 Å². The van der Waals surface area contributed by atoms with Crippen molar-refractivity contribution in [2.45, 2.75) is 13.8 Å². The van der Waals surface area contributed by atoms with Gasteiger partial charge in [-0.1, -0.05) is 35.4 Å². The van der Waals surface area contributed by atoms with E-state index in [1.807, 2.05) is 80.6 Å². The molecule has 1 fully saturated rings. The Kier molecular flexibility index (Phi) is 6.73. The molecule has 0 bridgehead atoms. The van der Waals surface area contributed by atoms with Crippen molar-refractivity contribution in [3.8, 4) is 5.75 Å². The minimum absolute atomic E-state index is 0.113. The number of nitrogens with zero attached hydrogens (tertiary/aromatic N) is 2. The number of thioether (sulfide) groups is 1. The fraction of sp³-hybridized carbons (Fsp3) is 0.0833. The van der Waals surface area contributed by atoms with Gasteiger partial charge >= 0.3 is 0 Å². The van der Waals surface area contributed by atoms with Crippen molar-refractivity contribution in [3.63, 3.8) is 0 Å². The van der Waals surface area contributed by atoms with Gasteiger partial charge in [-0.3, -0.25) is 9.69 Å². The van der Waals surface area contributed by atoms with Gasteiger partial charge in [0.25, 0.3) is 5.91 Å². The fourth-order valence-corrected chi connectivity index (χ4v) is 5.84. The predicted octanol–water partition coefficient (Wildman–Crippen LogP) is 7.03. The van der Waals surface area contributed by atoms with Gasteiger partial charge in [-0.05, 0) is 119 Å². The first-order chi connectivity index (χ1) is 14.8. The van der Waals surface area contributed by atoms with Gasteiger partial charge < -0.3 is 5.11 Å². The second-order valence-corrected chi connectivity index (χ2v) is 10.5. The zero-order chi connectivity index (χ0) is 22.1. The summed E-state index contributed by atoms with van der Waals surface area (Å²) in [4.78, 5) is 20.4. The van der Waals surface area contributed by atoms with Crippen molar-refractivity contribution in [3.05, 3.63) is 89.4 Å². The SMILES string of the molecule is Cc1ccc(N=C2S/C(=C/c3cc(I)c(O)c(I)c3)C(=O)N2c2ccc(C)cc2)cc1. The van der Waals surface area contributed by atoms with Crippen molar-refractivity contribution in [1.82, 2.24) is 0 Å². The van der Waals surface area contributed by atoms with Gasteiger partial charge in [0, 0.05) is 0 Å². The summed E-state index contributed by atoms with van der Waals surface area (Å²) < 4.78 is 1.49. The molecule has 4 rings (SSSR count). The minimum atomic E-state index is -0.113. The largest absolute Gasteiger partial charge is 0.506 e. The summed E-state index contributed by atoms with van der Waals surface area (Å²) in [6.45, 7) is 4.05. The number of amides is 1. The second-order valence-electron chi connectivity index (χ2n) is 7.15. The van der Waals surface area contributed by atoms with Gasteiger partial charge in [0.1, 0.15) is 5.75 Å². The summed E-state index contributed by atoms with van der Waals surface area (Å²) in [5.41, 5.74) is 4.74. The number of halogens is 2. The standard InChI is InChI=1S/C24H18I2N2O2S/c1-14-3-7-17(8-4-14)27-24-28(18-9-5-15(2)6-10-18)23(30)21(31-24)13-16-11-19(25)22(29)20(26)12-16/h3-13,29H,1-2H3/b21-13+,27-24?. The highest BCUT2D eigenvalue weighted by Gasteiger charge is 2.34. The number of benzene rings is 3. The Labute approximate surface area is 212 Å².